The zero-order chi connectivity index (χ0) is 12.9. The van der Waals surface area contributed by atoms with Gasteiger partial charge in [-0.2, -0.15) is 11.8 Å². The summed E-state index contributed by atoms with van der Waals surface area (Å²) in [5.41, 5.74) is 0.947. The molecule has 0 amide bonds. The van der Waals surface area contributed by atoms with E-state index in [0.29, 0.717) is 10.8 Å². The molecule has 0 nitrogen and oxygen atoms in total. The zero-order valence-electron chi connectivity index (χ0n) is 12.0. The third-order valence-electron chi connectivity index (χ3n) is 4.54. The second-order valence-corrected chi connectivity index (χ2v) is 8.38. The summed E-state index contributed by atoms with van der Waals surface area (Å²) < 4.78 is 0. The second-order valence-electron chi connectivity index (χ2n) is 6.72. The van der Waals surface area contributed by atoms with Crippen LogP contribution in [0.2, 0.25) is 0 Å². The average molecular weight is 277 g/mol. The van der Waals surface area contributed by atoms with Crippen molar-refractivity contribution in [3.05, 3.63) is 0 Å². The fourth-order valence-electron chi connectivity index (χ4n) is 2.98. The highest BCUT2D eigenvalue weighted by Gasteiger charge is 2.37. The molecule has 1 aliphatic rings. The lowest BCUT2D eigenvalue weighted by atomic mass is 9.64. The van der Waals surface area contributed by atoms with Crippen LogP contribution in [0.5, 0.6) is 0 Å². The molecule has 17 heavy (non-hydrogen) atoms. The number of rotatable bonds is 5. The van der Waals surface area contributed by atoms with Crippen LogP contribution in [0.1, 0.15) is 59.8 Å². The van der Waals surface area contributed by atoms with Crippen molar-refractivity contribution in [2.45, 2.75) is 59.8 Å². The lowest BCUT2D eigenvalue weighted by molar-refractivity contribution is 0.0999. The quantitative estimate of drug-likeness (QED) is 0.466. The molecule has 2 heteroatoms. The summed E-state index contributed by atoms with van der Waals surface area (Å²) in [4.78, 5) is 0. The second kappa shape index (κ2) is 6.70. The summed E-state index contributed by atoms with van der Waals surface area (Å²) in [5.74, 6) is 4.30. The van der Waals surface area contributed by atoms with E-state index in [2.05, 4.69) is 39.5 Å². The van der Waals surface area contributed by atoms with Gasteiger partial charge in [0.2, 0.25) is 0 Å². The van der Waals surface area contributed by atoms with E-state index < -0.39 is 0 Å². The van der Waals surface area contributed by atoms with Crippen molar-refractivity contribution in [3.63, 3.8) is 0 Å². The molecule has 102 valence electrons. The van der Waals surface area contributed by atoms with Crippen LogP contribution in [0.25, 0.3) is 0 Å². The maximum Gasteiger partial charge on any atom is 0.0280 e. The predicted molar refractivity (Wildman–Crippen MR) is 82.2 cm³/mol. The first-order chi connectivity index (χ1) is 7.93. The fraction of sp³-hybridized carbons (Fsp3) is 1.00. The van der Waals surface area contributed by atoms with Gasteiger partial charge in [-0.25, -0.2) is 0 Å². The summed E-state index contributed by atoms with van der Waals surface area (Å²) >= 11 is 8.33. The molecule has 0 heterocycles. The van der Waals surface area contributed by atoms with Gasteiger partial charge in [0.25, 0.3) is 0 Å². The van der Waals surface area contributed by atoms with Crippen molar-refractivity contribution in [1.82, 2.24) is 0 Å². The van der Waals surface area contributed by atoms with Crippen LogP contribution in [0.15, 0.2) is 0 Å². The van der Waals surface area contributed by atoms with Crippen LogP contribution >= 0.6 is 23.4 Å². The van der Waals surface area contributed by atoms with E-state index >= 15 is 0 Å². The Hall–Kier alpha value is 0.640. The van der Waals surface area contributed by atoms with Gasteiger partial charge in [0.05, 0.1) is 0 Å². The molecule has 0 bridgehead atoms. The van der Waals surface area contributed by atoms with Crippen molar-refractivity contribution < 1.29 is 0 Å². The fourth-order valence-corrected chi connectivity index (χ4v) is 4.25. The van der Waals surface area contributed by atoms with E-state index in [9.17, 15) is 0 Å². The monoisotopic (exact) mass is 276 g/mol. The molecule has 0 atom stereocenters. The molecule has 0 aromatic heterocycles. The lowest BCUT2D eigenvalue weighted by Crippen LogP contribution is -2.34. The number of hydrogen-bond acceptors (Lipinski definition) is 1. The summed E-state index contributed by atoms with van der Waals surface area (Å²) in [6.07, 6.45) is 6.79. The highest BCUT2D eigenvalue weighted by Crippen LogP contribution is 2.47. The van der Waals surface area contributed by atoms with Crippen molar-refractivity contribution >= 4 is 23.4 Å². The smallest absolute Gasteiger partial charge is 0.0280 e. The SMILES string of the molecule is CCSCCC1(CCl)CCC(C(C)(C)C)CC1. The van der Waals surface area contributed by atoms with Crippen LogP contribution in [0.3, 0.4) is 0 Å². The number of alkyl halides is 1. The number of halogens is 1. The molecular formula is C15H29ClS. The molecule has 1 fully saturated rings. The molecule has 0 saturated heterocycles. The van der Waals surface area contributed by atoms with Crippen LogP contribution in [0.4, 0.5) is 0 Å². The highest BCUT2D eigenvalue weighted by molar-refractivity contribution is 7.99. The van der Waals surface area contributed by atoms with Crippen LogP contribution < -0.4 is 0 Å². The maximum atomic E-state index is 6.27. The lowest BCUT2D eigenvalue weighted by Gasteiger charge is -2.43. The first-order valence-corrected chi connectivity index (χ1v) is 8.76. The molecule has 0 N–H and O–H groups in total. The Morgan fingerprint density at radius 2 is 1.82 bits per heavy atom. The Kier molecular flexibility index (Phi) is 6.19. The largest absolute Gasteiger partial charge is 0.162 e. The van der Waals surface area contributed by atoms with Crippen LogP contribution in [-0.2, 0) is 0 Å². The normalized spacial score (nSPS) is 30.5. The molecule has 1 aliphatic carbocycles. The standard InChI is InChI=1S/C15H29ClS/c1-5-17-11-10-15(12-16)8-6-13(7-9-15)14(2,3)4/h13H,5-12H2,1-4H3. The van der Waals surface area contributed by atoms with Crippen molar-refractivity contribution in [1.29, 1.82) is 0 Å². The van der Waals surface area contributed by atoms with Gasteiger partial charge < -0.3 is 0 Å². The summed E-state index contributed by atoms with van der Waals surface area (Å²) in [6.45, 7) is 9.41. The van der Waals surface area contributed by atoms with E-state index in [-0.39, 0.29) is 0 Å². The minimum Gasteiger partial charge on any atom is -0.162 e. The molecule has 1 rings (SSSR count). The zero-order valence-corrected chi connectivity index (χ0v) is 13.6. The molecule has 0 unspecified atom stereocenters. The van der Waals surface area contributed by atoms with Gasteiger partial charge in [0, 0.05) is 5.88 Å². The molecule has 0 aromatic rings. The summed E-state index contributed by atoms with van der Waals surface area (Å²) in [7, 11) is 0. The van der Waals surface area contributed by atoms with Crippen molar-refractivity contribution in [3.8, 4) is 0 Å². The molecule has 0 radical (unpaired) electrons. The maximum absolute atomic E-state index is 6.27. The van der Waals surface area contributed by atoms with Gasteiger partial charge >= 0.3 is 0 Å². The van der Waals surface area contributed by atoms with Gasteiger partial charge in [0.15, 0.2) is 0 Å². The molecule has 1 saturated carbocycles. The van der Waals surface area contributed by atoms with Crippen LogP contribution in [-0.4, -0.2) is 17.4 Å². The molecule has 0 aromatic carbocycles. The van der Waals surface area contributed by atoms with Crippen molar-refractivity contribution in [2.24, 2.45) is 16.7 Å². The van der Waals surface area contributed by atoms with Crippen LogP contribution in [0, 0.1) is 16.7 Å². The third kappa shape index (κ3) is 4.67. The summed E-state index contributed by atoms with van der Waals surface area (Å²) in [5, 5.41) is 0. The van der Waals surface area contributed by atoms with E-state index in [1.54, 1.807) is 0 Å². The highest BCUT2D eigenvalue weighted by atomic mass is 35.5. The van der Waals surface area contributed by atoms with E-state index in [4.69, 9.17) is 11.6 Å². The Labute approximate surface area is 117 Å². The average Bonchev–Trinajstić information content (AvgIpc) is 2.29. The molecule has 0 aliphatic heterocycles. The Morgan fingerprint density at radius 1 is 1.24 bits per heavy atom. The predicted octanol–water partition coefficient (Wildman–Crippen LogP) is 5.59. The third-order valence-corrected chi connectivity index (χ3v) is 6.00. The Balaban J connectivity index is 2.45. The minimum atomic E-state index is 0.464. The first-order valence-electron chi connectivity index (χ1n) is 7.07. The molecular weight excluding hydrogens is 248 g/mol. The summed E-state index contributed by atoms with van der Waals surface area (Å²) in [6, 6.07) is 0. The Bertz CT molecular complexity index is 211. The first kappa shape index (κ1) is 15.7. The molecule has 0 spiro atoms. The topological polar surface area (TPSA) is 0 Å². The van der Waals surface area contributed by atoms with E-state index in [0.717, 1.165) is 11.8 Å². The number of hydrogen-bond donors (Lipinski definition) is 0. The van der Waals surface area contributed by atoms with E-state index in [1.807, 2.05) is 0 Å². The minimum absolute atomic E-state index is 0.464. The Morgan fingerprint density at radius 3 is 2.24 bits per heavy atom. The van der Waals surface area contributed by atoms with Gasteiger partial charge in [-0.3, -0.25) is 0 Å². The van der Waals surface area contributed by atoms with Gasteiger partial charge in [-0.1, -0.05) is 27.7 Å². The van der Waals surface area contributed by atoms with Gasteiger partial charge in [0.1, 0.15) is 0 Å². The van der Waals surface area contributed by atoms with Gasteiger partial charge in [-0.05, 0) is 60.4 Å². The number of thioether (sulfide) groups is 1. The van der Waals surface area contributed by atoms with Gasteiger partial charge in [-0.15, -0.1) is 11.6 Å². The van der Waals surface area contributed by atoms with Crippen molar-refractivity contribution in [2.75, 3.05) is 17.4 Å². The van der Waals surface area contributed by atoms with E-state index in [1.165, 1.54) is 43.6 Å².